The standard InChI is InChI=1S/C25H29N5O/c1-4-9-22-28-23-24(30(22)15-8-10-17(2)29-31-3)20-14-13-19(16-21(20)27-25(23)26)18-11-6-5-7-12-18/h5-7,11-14,16H,4,8-10,15H2,1-3H3,(H2,26,27)/b29-17-. The van der Waals surface area contributed by atoms with Gasteiger partial charge in [-0.1, -0.05) is 54.5 Å². The monoisotopic (exact) mass is 415 g/mol. The van der Waals surface area contributed by atoms with E-state index in [-0.39, 0.29) is 0 Å². The molecule has 2 aromatic carbocycles. The molecule has 2 heterocycles. The van der Waals surface area contributed by atoms with E-state index in [2.05, 4.69) is 47.0 Å². The maximum Gasteiger partial charge on any atom is 0.152 e. The summed E-state index contributed by atoms with van der Waals surface area (Å²) in [5.74, 6) is 1.55. The average Bonchev–Trinajstić information content (AvgIpc) is 3.14. The van der Waals surface area contributed by atoms with E-state index in [1.54, 1.807) is 7.11 Å². The molecular formula is C25H29N5O. The highest BCUT2D eigenvalue weighted by atomic mass is 16.6. The van der Waals surface area contributed by atoms with Crippen molar-refractivity contribution in [3.8, 4) is 11.1 Å². The van der Waals surface area contributed by atoms with Gasteiger partial charge in [-0.3, -0.25) is 0 Å². The molecule has 0 aliphatic heterocycles. The third kappa shape index (κ3) is 4.24. The predicted molar refractivity (Wildman–Crippen MR) is 128 cm³/mol. The van der Waals surface area contributed by atoms with Gasteiger partial charge >= 0.3 is 0 Å². The SMILES string of the molecule is CCCc1nc2c(N)nc3cc(-c4ccccc4)ccc3c2n1CCC/C(C)=N\OC. The van der Waals surface area contributed by atoms with Crippen LogP contribution in [0.25, 0.3) is 33.1 Å². The van der Waals surface area contributed by atoms with Crippen molar-refractivity contribution in [2.75, 3.05) is 12.8 Å². The van der Waals surface area contributed by atoms with Crippen molar-refractivity contribution in [3.63, 3.8) is 0 Å². The Morgan fingerprint density at radius 3 is 2.65 bits per heavy atom. The van der Waals surface area contributed by atoms with E-state index < -0.39 is 0 Å². The molecule has 0 fully saturated rings. The molecule has 6 nitrogen and oxygen atoms in total. The van der Waals surface area contributed by atoms with Gasteiger partial charge in [-0.25, -0.2) is 9.97 Å². The Morgan fingerprint density at radius 2 is 1.90 bits per heavy atom. The summed E-state index contributed by atoms with van der Waals surface area (Å²) in [5, 5.41) is 5.11. The number of aryl methyl sites for hydroxylation is 2. The van der Waals surface area contributed by atoms with Gasteiger partial charge in [0, 0.05) is 18.4 Å². The maximum absolute atomic E-state index is 6.38. The molecule has 2 N–H and O–H groups in total. The topological polar surface area (TPSA) is 78.3 Å². The zero-order valence-corrected chi connectivity index (χ0v) is 18.4. The van der Waals surface area contributed by atoms with Crippen molar-refractivity contribution in [2.45, 2.75) is 46.1 Å². The molecule has 0 spiro atoms. The second-order valence-electron chi connectivity index (χ2n) is 7.83. The number of nitrogens with zero attached hydrogens (tertiary/aromatic N) is 4. The number of anilines is 1. The summed E-state index contributed by atoms with van der Waals surface area (Å²) < 4.78 is 2.32. The van der Waals surface area contributed by atoms with Gasteiger partial charge < -0.3 is 15.1 Å². The van der Waals surface area contributed by atoms with Gasteiger partial charge in [-0.2, -0.15) is 0 Å². The molecule has 4 rings (SSSR count). The van der Waals surface area contributed by atoms with Crippen LogP contribution < -0.4 is 5.73 Å². The van der Waals surface area contributed by atoms with E-state index in [0.29, 0.717) is 5.82 Å². The molecule has 0 aliphatic carbocycles. The Morgan fingerprint density at radius 1 is 1.10 bits per heavy atom. The van der Waals surface area contributed by atoms with E-state index in [4.69, 9.17) is 20.5 Å². The van der Waals surface area contributed by atoms with Gasteiger partial charge in [0.25, 0.3) is 0 Å². The molecule has 2 aromatic heterocycles. The van der Waals surface area contributed by atoms with Crippen molar-refractivity contribution < 1.29 is 4.84 Å². The summed E-state index contributed by atoms with van der Waals surface area (Å²) in [6.45, 7) is 5.01. The maximum atomic E-state index is 6.38. The highest BCUT2D eigenvalue weighted by Gasteiger charge is 2.17. The first-order valence-electron chi connectivity index (χ1n) is 10.8. The molecule has 0 saturated heterocycles. The van der Waals surface area contributed by atoms with Crippen LogP contribution in [-0.2, 0) is 17.8 Å². The third-order valence-corrected chi connectivity index (χ3v) is 5.53. The van der Waals surface area contributed by atoms with Crippen LogP contribution in [0.4, 0.5) is 5.82 Å². The molecule has 0 saturated carbocycles. The van der Waals surface area contributed by atoms with Gasteiger partial charge in [0.15, 0.2) is 5.82 Å². The number of fused-ring (bicyclic) bond motifs is 3. The lowest BCUT2D eigenvalue weighted by Crippen LogP contribution is -2.06. The Bertz CT molecular complexity index is 1230. The molecule has 4 aromatic rings. The molecule has 6 heteroatoms. The van der Waals surface area contributed by atoms with E-state index in [1.165, 1.54) is 0 Å². The van der Waals surface area contributed by atoms with Crippen molar-refractivity contribution in [3.05, 3.63) is 54.4 Å². The molecule has 31 heavy (non-hydrogen) atoms. The quantitative estimate of drug-likeness (QED) is 0.301. The number of benzene rings is 2. The number of nitrogens with two attached hydrogens (primary N) is 1. The summed E-state index contributed by atoms with van der Waals surface area (Å²) in [4.78, 5) is 14.5. The van der Waals surface area contributed by atoms with Gasteiger partial charge in [0.2, 0.25) is 0 Å². The first kappa shape index (κ1) is 20.8. The van der Waals surface area contributed by atoms with Crippen molar-refractivity contribution >= 4 is 33.5 Å². The lowest BCUT2D eigenvalue weighted by Gasteiger charge is -2.11. The second kappa shape index (κ2) is 9.16. The van der Waals surface area contributed by atoms with Crippen LogP contribution in [0.2, 0.25) is 0 Å². The Kier molecular flexibility index (Phi) is 6.16. The van der Waals surface area contributed by atoms with Gasteiger partial charge in [0.1, 0.15) is 18.5 Å². The van der Waals surface area contributed by atoms with Crippen LogP contribution in [-0.4, -0.2) is 27.4 Å². The number of oxime groups is 1. The molecular weight excluding hydrogens is 386 g/mol. The van der Waals surface area contributed by atoms with Crippen molar-refractivity contribution in [2.24, 2.45) is 5.16 Å². The molecule has 0 atom stereocenters. The Balaban J connectivity index is 1.82. The Hall–Kier alpha value is -3.41. The molecule has 0 aliphatic rings. The van der Waals surface area contributed by atoms with Crippen LogP contribution in [0, 0.1) is 0 Å². The van der Waals surface area contributed by atoms with E-state index in [9.17, 15) is 0 Å². The van der Waals surface area contributed by atoms with E-state index in [1.807, 2.05) is 25.1 Å². The molecule has 0 bridgehead atoms. The van der Waals surface area contributed by atoms with Crippen LogP contribution >= 0.6 is 0 Å². The van der Waals surface area contributed by atoms with Crippen molar-refractivity contribution in [1.82, 2.24) is 14.5 Å². The minimum absolute atomic E-state index is 0.487. The highest BCUT2D eigenvalue weighted by Crippen LogP contribution is 2.32. The van der Waals surface area contributed by atoms with E-state index >= 15 is 0 Å². The number of hydrogen-bond acceptors (Lipinski definition) is 5. The summed E-state index contributed by atoms with van der Waals surface area (Å²) in [5.41, 5.74) is 12.4. The molecule has 0 amide bonds. The fourth-order valence-corrected chi connectivity index (χ4v) is 4.12. The van der Waals surface area contributed by atoms with Gasteiger partial charge in [-0.15, -0.1) is 0 Å². The first-order valence-corrected chi connectivity index (χ1v) is 10.8. The molecule has 160 valence electrons. The van der Waals surface area contributed by atoms with Crippen LogP contribution in [0.3, 0.4) is 0 Å². The molecule has 0 radical (unpaired) electrons. The summed E-state index contributed by atoms with van der Waals surface area (Å²) in [6.07, 6.45) is 3.75. The predicted octanol–water partition coefficient (Wildman–Crippen LogP) is 5.59. The zero-order valence-electron chi connectivity index (χ0n) is 18.4. The summed E-state index contributed by atoms with van der Waals surface area (Å²) in [6, 6.07) is 16.8. The lowest BCUT2D eigenvalue weighted by atomic mass is 10.0. The van der Waals surface area contributed by atoms with Crippen LogP contribution in [0.5, 0.6) is 0 Å². The normalized spacial score (nSPS) is 12.0. The second-order valence-corrected chi connectivity index (χ2v) is 7.83. The minimum Gasteiger partial charge on any atom is -0.399 e. The van der Waals surface area contributed by atoms with Gasteiger partial charge in [0.05, 0.1) is 16.7 Å². The summed E-state index contributed by atoms with van der Waals surface area (Å²) in [7, 11) is 1.58. The minimum atomic E-state index is 0.487. The van der Waals surface area contributed by atoms with E-state index in [0.717, 1.165) is 76.8 Å². The number of imidazole rings is 1. The largest absolute Gasteiger partial charge is 0.399 e. The fraction of sp³-hybridized carbons (Fsp3) is 0.320. The van der Waals surface area contributed by atoms with Gasteiger partial charge in [-0.05, 0) is 43.4 Å². The number of aromatic nitrogens is 3. The Labute approximate surface area is 182 Å². The lowest BCUT2D eigenvalue weighted by molar-refractivity contribution is 0.212. The third-order valence-electron chi connectivity index (χ3n) is 5.53. The number of rotatable bonds is 8. The summed E-state index contributed by atoms with van der Waals surface area (Å²) >= 11 is 0. The number of hydrogen-bond donors (Lipinski definition) is 1. The first-order chi connectivity index (χ1) is 15.1. The van der Waals surface area contributed by atoms with Crippen LogP contribution in [0.1, 0.15) is 38.9 Å². The van der Waals surface area contributed by atoms with Crippen LogP contribution in [0.15, 0.2) is 53.7 Å². The fourth-order valence-electron chi connectivity index (χ4n) is 4.12. The zero-order chi connectivity index (χ0) is 21.8. The number of nitrogen functional groups attached to an aromatic ring is 1. The van der Waals surface area contributed by atoms with Crippen molar-refractivity contribution in [1.29, 1.82) is 0 Å². The molecule has 0 unspecified atom stereocenters. The smallest absolute Gasteiger partial charge is 0.152 e. The number of pyridine rings is 1. The highest BCUT2D eigenvalue weighted by molar-refractivity contribution is 6.07. The average molecular weight is 416 g/mol.